The summed E-state index contributed by atoms with van der Waals surface area (Å²) in [7, 11) is 1.40. The number of rotatable bonds is 4. The van der Waals surface area contributed by atoms with Gasteiger partial charge in [0.2, 0.25) is 5.91 Å². The smallest absolute Gasteiger partial charge is 0.243 e. The number of carbonyl (C=O) groups is 1. The molecule has 1 aliphatic rings. The first kappa shape index (κ1) is 17.6. The second kappa shape index (κ2) is 7.00. The van der Waals surface area contributed by atoms with Crippen LogP contribution in [0, 0.1) is 5.41 Å². The zero-order chi connectivity index (χ0) is 16.3. The van der Waals surface area contributed by atoms with E-state index < -0.39 is 49.5 Å². The third-order valence-electron chi connectivity index (χ3n) is 3.65. The highest BCUT2D eigenvalue weighted by atomic mass is 16.4. The fourth-order valence-corrected chi connectivity index (χ4v) is 2.36. The number of nitrogens with one attached hydrogen (secondary N) is 1. The molecule has 10 heteroatoms. The molecule has 1 rings (SSSR count). The van der Waals surface area contributed by atoms with Gasteiger partial charge in [-0.3, -0.25) is 10.2 Å². The Labute approximate surface area is 121 Å². The number of hydrogen-bond donors (Lipinski definition) is 7. The van der Waals surface area contributed by atoms with E-state index in [4.69, 9.17) is 11.1 Å². The summed E-state index contributed by atoms with van der Waals surface area (Å²) in [6.45, 7) is -1.65. The minimum absolute atomic E-state index is 0.335. The summed E-state index contributed by atoms with van der Waals surface area (Å²) in [6.07, 6.45) is -4.70. The molecule has 0 saturated carbocycles. The van der Waals surface area contributed by atoms with E-state index in [-0.39, 0.29) is 12.5 Å². The first-order chi connectivity index (χ1) is 9.76. The maximum atomic E-state index is 12.3. The van der Waals surface area contributed by atoms with E-state index in [1.165, 1.54) is 7.05 Å². The van der Waals surface area contributed by atoms with Gasteiger partial charge in [-0.25, -0.2) is 0 Å². The topological polar surface area (TPSA) is 175 Å². The highest BCUT2D eigenvalue weighted by Crippen LogP contribution is 2.24. The van der Waals surface area contributed by atoms with Gasteiger partial charge in [-0.2, -0.15) is 0 Å². The zero-order valence-electron chi connectivity index (χ0n) is 11.6. The highest BCUT2D eigenvalue weighted by Gasteiger charge is 2.49. The van der Waals surface area contributed by atoms with Gasteiger partial charge in [-0.1, -0.05) is 0 Å². The molecule has 0 aliphatic carbocycles. The van der Waals surface area contributed by atoms with Crippen molar-refractivity contribution in [1.82, 2.24) is 9.80 Å². The Morgan fingerprint density at radius 3 is 1.90 bits per heavy atom. The minimum Gasteiger partial charge on any atom is -0.394 e. The normalized spacial score (nSPS) is 32.9. The molecule has 0 unspecified atom stereocenters. The van der Waals surface area contributed by atoms with Gasteiger partial charge < -0.3 is 41.1 Å². The number of aliphatic hydroxyl groups is 5. The zero-order valence-corrected chi connectivity index (χ0v) is 11.6. The van der Waals surface area contributed by atoms with E-state index in [2.05, 4.69) is 0 Å². The van der Waals surface area contributed by atoms with E-state index in [9.17, 15) is 30.3 Å². The van der Waals surface area contributed by atoms with Crippen LogP contribution in [-0.2, 0) is 4.79 Å². The number of hydrogen-bond acceptors (Lipinski definition) is 7. The second-order valence-corrected chi connectivity index (χ2v) is 5.01. The van der Waals surface area contributed by atoms with Gasteiger partial charge in [-0.05, 0) is 0 Å². The molecule has 122 valence electrons. The van der Waals surface area contributed by atoms with Gasteiger partial charge in [0.25, 0.3) is 0 Å². The average molecular weight is 306 g/mol. The lowest BCUT2D eigenvalue weighted by atomic mass is 9.88. The Morgan fingerprint density at radius 2 is 1.57 bits per heavy atom. The van der Waals surface area contributed by atoms with E-state index in [1.54, 1.807) is 0 Å². The molecule has 0 bridgehead atoms. The number of carbonyl (C=O) groups excluding carboxylic acids is 1. The number of nitrogens with zero attached hydrogens (tertiary/aromatic N) is 2. The minimum atomic E-state index is -1.59. The maximum Gasteiger partial charge on any atom is 0.243 e. The van der Waals surface area contributed by atoms with E-state index in [0.29, 0.717) is 0 Å². The van der Waals surface area contributed by atoms with Crippen LogP contribution in [0.15, 0.2) is 0 Å². The van der Waals surface area contributed by atoms with Crippen LogP contribution >= 0.6 is 0 Å². The van der Waals surface area contributed by atoms with Crippen molar-refractivity contribution in [3.8, 4) is 0 Å². The van der Waals surface area contributed by atoms with Crippen molar-refractivity contribution in [2.24, 2.45) is 5.73 Å². The molecule has 1 heterocycles. The van der Waals surface area contributed by atoms with Crippen LogP contribution in [-0.4, -0.2) is 104 Å². The molecule has 1 fully saturated rings. The Balaban J connectivity index is 3.02. The molecule has 0 aromatic heterocycles. The van der Waals surface area contributed by atoms with Gasteiger partial charge >= 0.3 is 0 Å². The molecular formula is C11H22N4O6. The first-order valence-electron chi connectivity index (χ1n) is 6.38. The van der Waals surface area contributed by atoms with Gasteiger partial charge in [0.15, 0.2) is 5.96 Å². The lowest BCUT2D eigenvalue weighted by Crippen LogP contribution is -2.70. The average Bonchev–Trinajstić information content (AvgIpc) is 2.44. The predicted molar refractivity (Wildman–Crippen MR) is 71.2 cm³/mol. The summed E-state index contributed by atoms with van der Waals surface area (Å²) in [5, 5.41) is 55.3. The molecule has 0 aromatic carbocycles. The van der Waals surface area contributed by atoms with Crippen LogP contribution in [0.3, 0.4) is 0 Å². The van der Waals surface area contributed by atoms with E-state index >= 15 is 0 Å². The molecule has 10 nitrogen and oxygen atoms in total. The molecule has 0 aromatic rings. The quantitative estimate of drug-likeness (QED) is 0.201. The monoisotopic (exact) mass is 306 g/mol. The highest BCUT2D eigenvalue weighted by molar-refractivity contribution is 5.84. The lowest BCUT2D eigenvalue weighted by molar-refractivity contribution is -0.187. The molecule has 1 saturated heterocycles. The van der Waals surface area contributed by atoms with Crippen LogP contribution in [0.2, 0.25) is 0 Å². The van der Waals surface area contributed by atoms with Crippen LogP contribution in [0.5, 0.6) is 0 Å². The molecular weight excluding hydrogens is 284 g/mol. The summed E-state index contributed by atoms with van der Waals surface area (Å²) >= 11 is 0. The lowest BCUT2D eigenvalue weighted by Gasteiger charge is -2.48. The van der Waals surface area contributed by atoms with Gasteiger partial charge in [-0.15, -0.1) is 0 Å². The van der Waals surface area contributed by atoms with Crippen LogP contribution in [0.4, 0.5) is 0 Å². The van der Waals surface area contributed by atoms with Crippen molar-refractivity contribution in [2.75, 3.05) is 26.8 Å². The number of nitrogens with two attached hydrogens (primary N) is 1. The number of guanidine groups is 1. The van der Waals surface area contributed by atoms with Crippen LogP contribution in [0.25, 0.3) is 0 Å². The summed E-state index contributed by atoms with van der Waals surface area (Å²) in [5.74, 6) is -1.02. The van der Waals surface area contributed by atoms with Gasteiger partial charge in [0.05, 0.1) is 31.8 Å². The second-order valence-electron chi connectivity index (χ2n) is 5.01. The third kappa shape index (κ3) is 3.41. The summed E-state index contributed by atoms with van der Waals surface area (Å²) in [4.78, 5) is 14.3. The van der Waals surface area contributed by atoms with Crippen molar-refractivity contribution in [2.45, 2.75) is 30.4 Å². The number of aliphatic hydroxyl groups excluding tert-OH is 5. The fraction of sp³-hybridized carbons (Fsp3) is 0.818. The van der Waals surface area contributed by atoms with Crippen molar-refractivity contribution in [3.63, 3.8) is 0 Å². The van der Waals surface area contributed by atoms with E-state index in [0.717, 1.165) is 9.80 Å². The number of piperidine rings is 1. The number of likely N-dealkylation sites (tertiary alicyclic amines) is 1. The Kier molecular flexibility index (Phi) is 5.87. The van der Waals surface area contributed by atoms with Gasteiger partial charge in [0.1, 0.15) is 18.3 Å². The van der Waals surface area contributed by atoms with Crippen LogP contribution in [0.1, 0.15) is 0 Å². The number of likely N-dealkylation sites (N-methyl/N-ethyl adjacent to an activating group) is 1. The van der Waals surface area contributed by atoms with Crippen molar-refractivity contribution in [1.29, 1.82) is 5.41 Å². The summed E-state index contributed by atoms with van der Waals surface area (Å²) in [5.41, 5.74) is 5.23. The van der Waals surface area contributed by atoms with Crippen LogP contribution < -0.4 is 5.73 Å². The maximum absolute atomic E-state index is 12.3. The summed E-state index contributed by atoms with van der Waals surface area (Å²) < 4.78 is 0. The molecule has 0 spiro atoms. The largest absolute Gasteiger partial charge is 0.394 e. The molecule has 8 N–H and O–H groups in total. The molecule has 1 amide bonds. The predicted octanol–water partition coefficient (Wildman–Crippen LogP) is -4.54. The number of amides is 1. The first-order valence-corrected chi connectivity index (χ1v) is 6.38. The Morgan fingerprint density at radius 1 is 1.14 bits per heavy atom. The van der Waals surface area contributed by atoms with Crippen molar-refractivity contribution >= 4 is 11.9 Å². The van der Waals surface area contributed by atoms with Crippen molar-refractivity contribution < 1.29 is 30.3 Å². The Hall–Kier alpha value is -1.46. The Bertz CT molecular complexity index is 377. The standard InChI is InChI=1S/C11H22N4O6/c1-14(11(12)13)2-7(18)15-5(3-16)8(19)10(21)9(20)6(15)4-17/h5-6,8-10,16-17,19-21H,2-4H2,1H3,(H3,12,13)/t5-,6-,8-,9-/m1/s1. The van der Waals surface area contributed by atoms with Gasteiger partial charge in [0, 0.05) is 7.05 Å². The van der Waals surface area contributed by atoms with Crippen molar-refractivity contribution in [3.05, 3.63) is 0 Å². The van der Waals surface area contributed by atoms with E-state index in [1.807, 2.05) is 0 Å². The summed E-state index contributed by atoms with van der Waals surface area (Å²) in [6, 6.07) is -2.35. The molecule has 4 atom stereocenters. The molecule has 0 radical (unpaired) electrons. The molecule has 21 heavy (non-hydrogen) atoms. The third-order valence-corrected chi connectivity index (χ3v) is 3.65. The molecule has 1 aliphatic heterocycles. The fourth-order valence-electron chi connectivity index (χ4n) is 2.36. The SMILES string of the molecule is CN(CC(=O)N1[C@H](CO)[C@@H](O)C(O)[C@H](O)[C@H]1CO)C(=N)N.